The Kier molecular flexibility index (Phi) is 4.88. The first-order chi connectivity index (χ1) is 7.26. The maximum absolute atomic E-state index is 5.09. The number of aliphatic imine (C=N–C) groups is 1. The minimum absolute atomic E-state index is 0.875. The summed E-state index contributed by atoms with van der Waals surface area (Å²) >= 11 is 0. The van der Waals surface area contributed by atoms with Crippen molar-refractivity contribution in [3.63, 3.8) is 0 Å². The first-order valence-electron chi connectivity index (χ1n) is 5.44. The van der Waals surface area contributed by atoms with Crippen LogP contribution in [0.5, 0.6) is 5.75 Å². The van der Waals surface area contributed by atoms with E-state index in [-0.39, 0.29) is 0 Å². The lowest BCUT2D eigenvalue weighted by atomic mass is 10.2. The van der Waals surface area contributed by atoms with Gasteiger partial charge in [-0.25, -0.2) is 0 Å². The van der Waals surface area contributed by atoms with Crippen LogP contribution in [-0.2, 0) is 0 Å². The van der Waals surface area contributed by atoms with Gasteiger partial charge >= 0.3 is 0 Å². The van der Waals surface area contributed by atoms with E-state index >= 15 is 0 Å². The molecule has 0 aliphatic carbocycles. The van der Waals surface area contributed by atoms with Gasteiger partial charge in [0, 0.05) is 5.71 Å². The van der Waals surface area contributed by atoms with Crippen molar-refractivity contribution >= 4 is 11.4 Å². The van der Waals surface area contributed by atoms with Crippen LogP contribution in [0.1, 0.15) is 33.1 Å². The van der Waals surface area contributed by atoms with Crippen LogP contribution in [0.15, 0.2) is 29.3 Å². The van der Waals surface area contributed by atoms with Gasteiger partial charge in [-0.1, -0.05) is 13.3 Å². The fraction of sp³-hybridized carbons (Fsp3) is 0.462. The minimum atomic E-state index is 0.875. The average Bonchev–Trinajstić information content (AvgIpc) is 2.27. The number of methoxy groups -OCH3 is 1. The van der Waals surface area contributed by atoms with Crippen LogP contribution >= 0.6 is 0 Å². The molecule has 0 saturated heterocycles. The second-order valence-corrected chi connectivity index (χ2v) is 3.65. The zero-order chi connectivity index (χ0) is 11.1. The Morgan fingerprint density at radius 3 is 2.47 bits per heavy atom. The average molecular weight is 205 g/mol. The van der Waals surface area contributed by atoms with Gasteiger partial charge in [-0.15, -0.1) is 0 Å². The summed E-state index contributed by atoms with van der Waals surface area (Å²) in [7, 11) is 1.67. The molecule has 1 aromatic carbocycles. The van der Waals surface area contributed by atoms with Gasteiger partial charge in [0.15, 0.2) is 0 Å². The van der Waals surface area contributed by atoms with Crippen LogP contribution in [0, 0.1) is 0 Å². The maximum atomic E-state index is 5.09. The van der Waals surface area contributed by atoms with E-state index in [2.05, 4.69) is 18.8 Å². The Bertz CT molecular complexity index is 314. The highest BCUT2D eigenvalue weighted by atomic mass is 16.5. The molecule has 0 amide bonds. The number of benzene rings is 1. The third-order valence-corrected chi connectivity index (χ3v) is 2.28. The Labute approximate surface area is 92.0 Å². The monoisotopic (exact) mass is 205 g/mol. The van der Waals surface area contributed by atoms with Crippen LogP contribution in [0.2, 0.25) is 0 Å². The van der Waals surface area contributed by atoms with Gasteiger partial charge in [0.05, 0.1) is 12.8 Å². The molecule has 1 rings (SSSR count). The first-order valence-corrected chi connectivity index (χ1v) is 5.44. The standard InChI is InChI=1S/C13H19NO/c1-4-5-6-11(2)14-12-7-9-13(15-3)10-8-12/h7-10H,4-6H2,1-3H3. The molecule has 0 aromatic heterocycles. The van der Waals surface area contributed by atoms with Gasteiger partial charge < -0.3 is 4.74 Å². The number of ether oxygens (including phenoxy) is 1. The molecule has 0 bridgehead atoms. The molecule has 0 aliphatic heterocycles. The number of nitrogens with zero attached hydrogens (tertiary/aromatic N) is 1. The molecule has 0 spiro atoms. The lowest BCUT2D eigenvalue weighted by Gasteiger charge is -2.01. The second-order valence-electron chi connectivity index (χ2n) is 3.65. The summed E-state index contributed by atoms with van der Waals surface area (Å²) in [6.07, 6.45) is 3.52. The van der Waals surface area contributed by atoms with Crippen molar-refractivity contribution in [2.75, 3.05) is 7.11 Å². The van der Waals surface area contributed by atoms with Gasteiger partial charge in [-0.3, -0.25) is 4.99 Å². The van der Waals surface area contributed by atoms with E-state index < -0.39 is 0 Å². The van der Waals surface area contributed by atoms with E-state index in [1.807, 2.05) is 24.3 Å². The molecule has 0 aliphatic rings. The van der Waals surface area contributed by atoms with Crippen LogP contribution < -0.4 is 4.74 Å². The zero-order valence-electron chi connectivity index (χ0n) is 9.79. The number of hydrogen-bond donors (Lipinski definition) is 0. The van der Waals surface area contributed by atoms with E-state index in [0.717, 1.165) is 17.9 Å². The Balaban J connectivity index is 2.62. The molecule has 15 heavy (non-hydrogen) atoms. The van der Waals surface area contributed by atoms with Crippen molar-refractivity contribution in [2.45, 2.75) is 33.1 Å². The van der Waals surface area contributed by atoms with Crippen LogP contribution in [-0.4, -0.2) is 12.8 Å². The second kappa shape index (κ2) is 6.23. The van der Waals surface area contributed by atoms with Crippen molar-refractivity contribution in [3.8, 4) is 5.75 Å². The molecule has 0 fully saturated rings. The summed E-state index contributed by atoms with van der Waals surface area (Å²) in [4.78, 5) is 4.53. The maximum Gasteiger partial charge on any atom is 0.119 e. The molecule has 82 valence electrons. The normalized spacial score (nSPS) is 11.5. The largest absolute Gasteiger partial charge is 0.497 e. The Morgan fingerprint density at radius 1 is 1.27 bits per heavy atom. The summed E-state index contributed by atoms with van der Waals surface area (Å²) in [5.74, 6) is 0.875. The number of unbranched alkanes of at least 4 members (excludes halogenated alkanes) is 1. The smallest absolute Gasteiger partial charge is 0.119 e. The summed E-state index contributed by atoms with van der Waals surface area (Å²) < 4.78 is 5.09. The predicted molar refractivity (Wildman–Crippen MR) is 65.3 cm³/mol. The molecule has 0 N–H and O–H groups in total. The molecule has 0 heterocycles. The molecule has 0 saturated carbocycles. The summed E-state index contributed by atoms with van der Waals surface area (Å²) in [6.45, 7) is 4.28. The van der Waals surface area contributed by atoms with Crippen molar-refractivity contribution in [1.29, 1.82) is 0 Å². The van der Waals surface area contributed by atoms with Crippen molar-refractivity contribution < 1.29 is 4.74 Å². The van der Waals surface area contributed by atoms with Crippen LogP contribution in [0.4, 0.5) is 5.69 Å². The molecule has 2 nitrogen and oxygen atoms in total. The van der Waals surface area contributed by atoms with Gasteiger partial charge in [0.1, 0.15) is 5.75 Å². The predicted octanol–water partition coefficient (Wildman–Crippen LogP) is 3.98. The SMILES string of the molecule is CCCCC(C)=Nc1ccc(OC)cc1. The fourth-order valence-electron chi connectivity index (χ4n) is 1.37. The molecule has 1 aromatic rings. The summed E-state index contributed by atoms with van der Waals surface area (Å²) in [6, 6.07) is 7.83. The molecular weight excluding hydrogens is 186 g/mol. The van der Waals surface area contributed by atoms with Gasteiger partial charge in [-0.2, -0.15) is 0 Å². The molecule has 0 unspecified atom stereocenters. The lowest BCUT2D eigenvalue weighted by molar-refractivity contribution is 0.415. The Morgan fingerprint density at radius 2 is 1.93 bits per heavy atom. The van der Waals surface area contributed by atoms with Crippen LogP contribution in [0.25, 0.3) is 0 Å². The number of hydrogen-bond acceptors (Lipinski definition) is 2. The zero-order valence-corrected chi connectivity index (χ0v) is 9.79. The van der Waals surface area contributed by atoms with Crippen molar-refractivity contribution in [3.05, 3.63) is 24.3 Å². The summed E-state index contributed by atoms with van der Waals surface area (Å²) in [5.41, 5.74) is 2.20. The van der Waals surface area contributed by atoms with Gasteiger partial charge in [-0.05, 0) is 44.0 Å². The van der Waals surface area contributed by atoms with Gasteiger partial charge in [0.2, 0.25) is 0 Å². The molecule has 0 radical (unpaired) electrons. The fourth-order valence-corrected chi connectivity index (χ4v) is 1.37. The van der Waals surface area contributed by atoms with E-state index in [1.165, 1.54) is 18.6 Å². The van der Waals surface area contributed by atoms with E-state index in [4.69, 9.17) is 4.74 Å². The van der Waals surface area contributed by atoms with Gasteiger partial charge in [0.25, 0.3) is 0 Å². The first kappa shape index (κ1) is 11.8. The van der Waals surface area contributed by atoms with Crippen LogP contribution in [0.3, 0.4) is 0 Å². The molecule has 0 atom stereocenters. The Hall–Kier alpha value is -1.31. The third kappa shape index (κ3) is 4.15. The third-order valence-electron chi connectivity index (χ3n) is 2.28. The molecular formula is C13H19NO. The lowest BCUT2D eigenvalue weighted by Crippen LogP contribution is -1.89. The highest BCUT2D eigenvalue weighted by Crippen LogP contribution is 2.18. The van der Waals surface area contributed by atoms with Crippen molar-refractivity contribution in [1.82, 2.24) is 0 Å². The highest BCUT2D eigenvalue weighted by molar-refractivity contribution is 5.84. The quantitative estimate of drug-likeness (QED) is 0.666. The highest BCUT2D eigenvalue weighted by Gasteiger charge is 1.94. The van der Waals surface area contributed by atoms with E-state index in [0.29, 0.717) is 0 Å². The summed E-state index contributed by atoms with van der Waals surface area (Å²) in [5, 5.41) is 0. The van der Waals surface area contributed by atoms with Crippen molar-refractivity contribution in [2.24, 2.45) is 4.99 Å². The van der Waals surface area contributed by atoms with E-state index in [1.54, 1.807) is 7.11 Å². The van der Waals surface area contributed by atoms with E-state index in [9.17, 15) is 0 Å². The molecule has 2 heteroatoms. The topological polar surface area (TPSA) is 21.6 Å². The number of rotatable bonds is 5. The minimum Gasteiger partial charge on any atom is -0.497 e.